The van der Waals surface area contributed by atoms with Crippen molar-refractivity contribution in [1.29, 1.82) is 0 Å². The van der Waals surface area contributed by atoms with E-state index in [4.69, 9.17) is 4.98 Å². The lowest BCUT2D eigenvalue weighted by molar-refractivity contribution is 0.342. The second-order valence-corrected chi connectivity index (χ2v) is 7.85. The fraction of sp³-hybridized carbons (Fsp3) is 0.400. The van der Waals surface area contributed by atoms with Gasteiger partial charge in [0, 0.05) is 19.2 Å². The molecule has 126 valence electrons. The van der Waals surface area contributed by atoms with E-state index >= 15 is 0 Å². The number of hydrogen-bond donors (Lipinski definition) is 0. The van der Waals surface area contributed by atoms with E-state index in [-0.39, 0.29) is 11.1 Å². The third-order valence-electron chi connectivity index (χ3n) is 4.28. The SMILES string of the molecule is Cc1ccc(C)c(-c2ccc3c(n2)n(C)c(=O)n3CC(C)(C)C)c1. The maximum absolute atomic E-state index is 12.6. The van der Waals surface area contributed by atoms with E-state index in [1.807, 2.05) is 16.7 Å². The molecule has 0 spiro atoms. The third-order valence-corrected chi connectivity index (χ3v) is 4.28. The van der Waals surface area contributed by atoms with Crippen LogP contribution in [0.3, 0.4) is 0 Å². The molecular weight excluding hydrogens is 298 g/mol. The molecule has 0 atom stereocenters. The van der Waals surface area contributed by atoms with E-state index in [1.54, 1.807) is 11.6 Å². The van der Waals surface area contributed by atoms with Crippen LogP contribution >= 0.6 is 0 Å². The van der Waals surface area contributed by atoms with E-state index in [9.17, 15) is 4.79 Å². The van der Waals surface area contributed by atoms with Gasteiger partial charge in [0.05, 0.1) is 11.2 Å². The van der Waals surface area contributed by atoms with Gasteiger partial charge in [0.2, 0.25) is 0 Å². The highest BCUT2D eigenvalue weighted by Crippen LogP contribution is 2.26. The van der Waals surface area contributed by atoms with Crippen molar-refractivity contribution >= 4 is 11.2 Å². The zero-order valence-electron chi connectivity index (χ0n) is 15.3. The van der Waals surface area contributed by atoms with Crippen molar-refractivity contribution in [2.45, 2.75) is 41.2 Å². The number of nitrogens with zero attached hydrogens (tertiary/aromatic N) is 3. The molecule has 0 fully saturated rings. The maximum Gasteiger partial charge on any atom is 0.330 e. The highest BCUT2D eigenvalue weighted by atomic mass is 16.1. The molecule has 24 heavy (non-hydrogen) atoms. The van der Waals surface area contributed by atoms with Crippen LogP contribution in [0.25, 0.3) is 22.4 Å². The second-order valence-electron chi connectivity index (χ2n) is 7.85. The number of rotatable bonds is 2. The van der Waals surface area contributed by atoms with Gasteiger partial charge in [-0.1, -0.05) is 38.5 Å². The molecular formula is C20H25N3O. The summed E-state index contributed by atoms with van der Waals surface area (Å²) in [6.07, 6.45) is 0. The van der Waals surface area contributed by atoms with Crippen LogP contribution in [-0.2, 0) is 13.6 Å². The van der Waals surface area contributed by atoms with Gasteiger partial charge in [-0.25, -0.2) is 9.78 Å². The van der Waals surface area contributed by atoms with Gasteiger partial charge in [0.25, 0.3) is 0 Å². The Morgan fingerprint density at radius 1 is 1.08 bits per heavy atom. The summed E-state index contributed by atoms with van der Waals surface area (Å²) in [4.78, 5) is 17.4. The predicted molar refractivity (Wildman–Crippen MR) is 99.3 cm³/mol. The standard InChI is InChI=1S/C20H25N3O/c1-13-7-8-14(2)15(11-13)16-9-10-17-18(21-16)22(6)19(24)23(17)12-20(3,4)5/h7-11H,12H2,1-6H3. The van der Waals surface area contributed by atoms with Crippen LogP contribution in [0.1, 0.15) is 31.9 Å². The Morgan fingerprint density at radius 3 is 2.46 bits per heavy atom. The first-order chi connectivity index (χ1) is 11.2. The maximum atomic E-state index is 12.6. The Hall–Kier alpha value is -2.36. The number of hydrogen-bond acceptors (Lipinski definition) is 2. The smallest absolute Gasteiger partial charge is 0.290 e. The summed E-state index contributed by atoms with van der Waals surface area (Å²) in [6, 6.07) is 10.4. The molecule has 4 heteroatoms. The lowest BCUT2D eigenvalue weighted by Crippen LogP contribution is -2.27. The summed E-state index contributed by atoms with van der Waals surface area (Å²) >= 11 is 0. The fourth-order valence-electron chi connectivity index (χ4n) is 3.06. The normalized spacial score (nSPS) is 12.1. The third kappa shape index (κ3) is 2.88. The monoisotopic (exact) mass is 323 g/mol. The van der Waals surface area contributed by atoms with Gasteiger partial charge in [-0.2, -0.15) is 0 Å². The van der Waals surface area contributed by atoms with E-state index < -0.39 is 0 Å². The van der Waals surface area contributed by atoms with E-state index in [2.05, 4.69) is 52.8 Å². The van der Waals surface area contributed by atoms with Gasteiger partial charge < -0.3 is 0 Å². The molecule has 0 unspecified atom stereocenters. The summed E-state index contributed by atoms with van der Waals surface area (Å²) < 4.78 is 3.48. The molecule has 0 N–H and O–H groups in total. The minimum absolute atomic E-state index is 0.00876. The first-order valence-electron chi connectivity index (χ1n) is 8.31. The second kappa shape index (κ2) is 5.62. The van der Waals surface area contributed by atoms with Gasteiger partial charge in [0.15, 0.2) is 5.65 Å². The van der Waals surface area contributed by atoms with Gasteiger partial charge >= 0.3 is 5.69 Å². The van der Waals surface area contributed by atoms with Crippen LogP contribution < -0.4 is 5.69 Å². The summed E-state index contributed by atoms with van der Waals surface area (Å²) in [6.45, 7) is 11.2. The number of aromatic nitrogens is 3. The van der Waals surface area contributed by atoms with Crippen molar-refractivity contribution in [1.82, 2.24) is 14.1 Å². The molecule has 0 aliphatic rings. The number of imidazole rings is 1. The molecule has 0 aliphatic heterocycles. The Labute approximate surface area is 142 Å². The molecule has 0 bridgehead atoms. The lowest BCUT2D eigenvalue weighted by atomic mass is 9.97. The summed E-state index contributed by atoms with van der Waals surface area (Å²) in [5, 5.41) is 0. The minimum Gasteiger partial charge on any atom is -0.290 e. The first-order valence-corrected chi connectivity index (χ1v) is 8.31. The molecule has 2 heterocycles. The molecule has 4 nitrogen and oxygen atoms in total. The van der Waals surface area contributed by atoms with Crippen LogP contribution in [0.4, 0.5) is 0 Å². The van der Waals surface area contributed by atoms with Crippen molar-refractivity contribution in [2.75, 3.05) is 0 Å². The number of fused-ring (bicyclic) bond motifs is 1. The lowest BCUT2D eigenvalue weighted by Gasteiger charge is -2.18. The zero-order chi connectivity index (χ0) is 17.6. The summed E-state index contributed by atoms with van der Waals surface area (Å²) in [7, 11) is 1.80. The van der Waals surface area contributed by atoms with Crippen LogP contribution in [0.5, 0.6) is 0 Å². The molecule has 0 radical (unpaired) electrons. The predicted octanol–water partition coefficient (Wildman–Crippen LogP) is 4.06. The topological polar surface area (TPSA) is 39.8 Å². The van der Waals surface area contributed by atoms with Gasteiger partial charge in [-0.3, -0.25) is 9.13 Å². The molecule has 3 aromatic rings. The Balaban J connectivity index is 2.21. The fourth-order valence-corrected chi connectivity index (χ4v) is 3.06. The van der Waals surface area contributed by atoms with E-state index in [1.165, 1.54) is 11.1 Å². The highest BCUT2D eigenvalue weighted by Gasteiger charge is 2.19. The average molecular weight is 323 g/mol. The van der Waals surface area contributed by atoms with Crippen molar-refractivity contribution in [2.24, 2.45) is 12.5 Å². The molecule has 3 rings (SSSR count). The van der Waals surface area contributed by atoms with Gasteiger partial charge in [-0.05, 0) is 43.0 Å². The van der Waals surface area contributed by atoms with Crippen LogP contribution in [0, 0.1) is 19.3 Å². The van der Waals surface area contributed by atoms with Crippen LogP contribution in [-0.4, -0.2) is 14.1 Å². The molecule has 2 aromatic heterocycles. The van der Waals surface area contributed by atoms with Crippen molar-refractivity contribution in [3.05, 3.63) is 51.9 Å². The van der Waals surface area contributed by atoms with Crippen LogP contribution in [0.2, 0.25) is 0 Å². The quantitative estimate of drug-likeness (QED) is 0.713. The van der Waals surface area contributed by atoms with E-state index in [0.717, 1.165) is 22.4 Å². The molecule has 0 aliphatic carbocycles. The highest BCUT2D eigenvalue weighted by molar-refractivity contribution is 5.77. The molecule has 0 amide bonds. The van der Waals surface area contributed by atoms with Gasteiger partial charge in [-0.15, -0.1) is 0 Å². The van der Waals surface area contributed by atoms with Crippen molar-refractivity contribution in [3.63, 3.8) is 0 Å². The molecule has 0 saturated carbocycles. The summed E-state index contributed by atoms with van der Waals surface area (Å²) in [5.41, 5.74) is 6.08. The van der Waals surface area contributed by atoms with E-state index in [0.29, 0.717) is 6.54 Å². The van der Waals surface area contributed by atoms with Crippen LogP contribution in [0.15, 0.2) is 35.1 Å². The number of aryl methyl sites for hydroxylation is 3. The Morgan fingerprint density at radius 2 is 1.79 bits per heavy atom. The molecule has 1 aromatic carbocycles. The number of benzene rings is 1. The average Bonchev–Trinajstić information content (AvgIpc) is 2.73. The van der Waals surface area contributed by atoms with Crippen molar-refractivity contribution in [3.8, 4) is 11.3 Å². The van der Waals surface area contributed by atoms with Gasteiger partial charge in [0.1, 0.15) is 0 Å². The van der Waals surface area contributed by atoms with Crippen molar-refractivity contribution < 1.29 is 0 Å². The minimum atomic E-state index is -0.00876. The Kier molecular flexibility index (Phi) is 3.86. The molecule has 0 saturated heterocycles. The Bertz CT molecular complexity index is 971. The first kappa shape index (κ1) is 16.5. The number of pyridine rings is 1. The zero-order valence-corrected chi connectivity index (χ0v) is 15.3. The largest absolute Gasteiger partial charge is 0.330 e. The summed E-state index contributed by atoms with van der Waals surface area (Å²) in [5.74, 6) is 0.